The monoisotopic (exact) mass is 244 g/mol. The minimum Gasteiger partial charge on any atom is -0.466 e. The van der Waals surface area contributed by atoms with Crippen molar-refractivity contribution in [2.45, 2.75) is 13.0 Å². The van der Waals surface area contributed by atoms with Gasteiger partial charge in [-0.2, -0.15) is 0 Å². The molecular weight excluding hydrogens is 228 g/mol. The van der Waals surface area contributed by atoms with E-state index in [0.717, 1.165) is 16.7 Å². The molecule has 1 aliphatic carbocycles. The Kier molecular flexibility index (Phi) is 3.63. The van der Waals surface area contributed by atoms with E-state index in [1.807, 2.05) is 43.3 Å². The van der Waals surface area contributed by atoms with E-state index in [2.05, 4.69) is 4.74 Å². The molecule has 1 aliphatic rings. The Hall–Kier alpha value is -1.87. The molecule has 1 aromatic rings. The van der Waals surface area contributed by atoms with Crippen molar-refractivity contribution in [1.29, 1.82) is 0 Å². The molecule has 0 unspecified atom stereocenters. The highest BCUT2D eigenvalue weighted by atomic mass is 16.5. The summed E-state index contributed by atoms with van der Waals surface area (Å²) in [4.78, 5) is 11.2. The first-order valence-electron chi connectivity index (χ1n) is 5.85. The molecule has 0 saturated heterocycles. The molecule has 0 heterocycles. The maximum absolute atomic E-state index is 11.2. The van der Waals surface area contributed by atoms with Crippen molar-refractivity contribution in [2.24, 2.45) is 5.92 Å². The summed E-state index contributed by atoms with van der Waals surface area (Å²) >= 11 is 0. The zero-order valence-electron chi connectivity index (χ0n) is 10.5. The van der Waals surface area contributed by atoms with Crippen LogP contribution in [0, 0.1) is 5.92 Å². The quantitative estimate of drug-likeness (QED) is 0.642. The molecule has 0 saturated carbocycles. The summed E-state index contributed by atoms with van der Waals surface area (Å²) in [6, 6.07) is 7.71. The van der Waals surface area contributed by atoms with Gasteiger partial charge in [-0.15, -0.1) is 0 Å². The Morgan fingerprint density at radius 2 is 2.11 bits per heavy atom. The number of hydrogen-bond donors (Lipinski definition) is 1. The van der Waals surface area contributed by atoms with E-state index in [-0.39, 0.29) is 5.92 Å². The fraction of sp³-hybridized carbons (Fsp3) is 0.267. The number of fused-ring (bicyclic) bond motifs is 1. The van der Waals surface area contributed by atoms with Crippen LogP contribution in [0.2, 0.25) is 0 Å². The molecule has 0 spiro atoms. The van der Waals surface area contributed by atoms with Gasteiger partial charge in [0, 0.05) is 12.0 Å². The van der Waals surface area contributed by atoms with Gasteiger partial charge in [0.05, 0.1) is 13.2 Å². The van der Waals surface area contributed by atoms with E-state index in [1.54, 1.807) is 0 Å². The molecule has 0 fully saturated rings. The van der Waals surface area contributed by atoms with Crippen LogP contribution in [0.25, 0.3) is 6.08 Å². The fourth-order valence-corrected chi connectivity index (χ4v) is 2.18. The molecule has 0 bridgehead atoms. The van der Waals surface area contributed by atoms with Crippen molar-refractivity contribution in [3.63, 3.8) is 0 Å². The number of aliphatic hydroxyl groups excluding tert-OH is 1. The van der Waals surface area contributed by atoms with E-state index < -0.39 is 12.1 Å². The third-order valence-electron chi connectivity index (χ3n) is 3.21. The fourth-order valence-electron chi connectivity index (χ4n) is 2.18. The predicted octanol–water partition coefficient (Wildman–Crippen LogP) is 2.48. The van der Waals surface area contributed by atoms with Crippen molar-refractivity contribution >= 4 is 12.0 Å². The second-order valence-electron chi connectivity index (χ2n) is 4.37. The van der Waals surface area contributed by atoms with Crippen LogP contribution in [0.3, 0.4) is 0 Å². The molecule has 3 nitrogen and oxygen atoms in total. The van der Waals surface area contributed by atoms with Crippen LogP contribution >= 0.6 is 0 Å². The number of esters is 1. The van der Waals surface area contributed by atoms with E-state index in [1.165, 1.54) is 13.2 Å². The third kappa shape index (κ3) is 2.36. The van der Waals surface area contributed by atoms with Crippen LogP contribution < -0.4 is 0 Å². The summed E-state index contributed by atoms with van der Waals surface area (Å²) in [5.74, 6) is -0.578. The number of carbonyl (C=O) groups excluding carboxylic acids is 1. The van der Waals surface area contributed by atoms with Gasteiger partial charge in [-0.1, -0.05) is 42.0 Å². The molecular formula is C15H16O3. The number of ether oxygens (including phenoxy) is 1. The first-order valence-corrected chi connectivity index (χ1v) is 5.85. The van der Waals surface area contributed by atoms with Crippen molar-refractivity contribution in [3.05, 3.63) is 53.1 Å². The van der Waals surface area contributed by atoms with Crippen molar-refractivity contribution < 1.29 is 14.6 Å². The summed E-state index contributed by atoms with van der Waals surface area (Å²) in [5, 5.41) is 10.3. The normalized spacial score (nSPS) is 22.5. The van der Waals surface area contributed by atoms with Gasteiger partial charge in [-0.25, -0.2) is 4.79 Å². The minimum absolute atomic E-state index is 0.181. The standard InChI is InChI=1S/C15H16O3/c1-10(9-14(16)18-2)12-8-7-11-5-3-4-6-13(11)15(12)17/h3-9,12,15,17H,1-2H3/b10-9+/t12-,15+/m1/s1. The average molecular weight is 244 g/mol. The SMILES string of the molecule is COC(=O)/C=C(\C)[C@H]1C=Cc2ccccc2[C@H]1O. The topological polar surface area (TPSA) is 46.5 Å². The smallest absolute Gasteiger partial charge is 0.330 e. The van der Waals surface area contributed by atoms with E-state index in [9.17, 15) is 9.90 Å². The lowest BCUT2D eigenvalue weighted by Gasteiger charge is -2.26. The number of aliphatic hydroxyl groups is 1. The first-order chi connectivity index (χ1) is 8.63. The average Bonchev–Trinajstić information content (AvgIpc) is 2.39. The van der Waals surface area contributed by atoms with E-state index in [0.29, 0.717) is 0 Å². The first kappa shape index (κ1) is 12.6. The molecule has 0 amide bonds. The molecule has 0 aliphatic heterocycles. The van der Waals surface area contributed by atoms with Crippen LogP contribution in [0.4, 0.5) is 0 Å². The molecule has 94 valence electrons. The van der Waals surface area contributed by atoms with Gasteiger partial charge < -0.3 is 9.84 Å². The van der Waals surface area contributed by atoms with Gasteiger partial charge in [0.15, 0.2) is 0 Å². The predicted molar refractivity (Wildman–Crippen MR) is 69.7 cm³/mol. The number of benzene rings is 1. The van der Waals surface area contributed by atoms with Crippen molar-refractivity contribution in [1.82, 2.24) is 0 Å². The summed E-state index contributed by atoms with van der Waals surface area (Å²) in [5.41, 5.74) is 2.70. The summed E-state index contributed by atoms with van der Waals surface area (Å²) in [7, 11) is 1.34. The zero-order valence-corrected chi connectivity index (χ0v) is 10.5. The van der Waals surface area contributed by atoms with Crippen LogP contribution in [0.1, 0.15) is 24.2 Å². The molecule has 18 heavy (non-hydrogen) atoms. The highest BCUT2D eigenvalue weighted by Gasteiger charge is 2.25. The lowest BCUT2D eigenvalue weighted by Crippen LogP contribution is -2.16. The Morgan fingerprint density at radius 1 is 1.39 bits per heavy atom. The molecule has 0 radical (unpaired) electrons. The molecule has 1 aromatic carbocycles. The van der Waals surface area contributed by atoms with Gasteiger partial charge in [0.25, 0.3) is 0 Å². The zero-order chi connectivity index (χ0) is 13.1. The highest BCUT2D eigenvalue weighted by Crippen LogP contribution is 2.35. The molecule has 2 atom stereocenters. The van der Waals surface area contributed by atoms with E-state index in [4.69, 9.17) is 0 Å². The lowest BCUT2D eigenvalue weighted by molar-refractivity contribution is -0.134. The third-order valence-corrected chi connectivity index (χ3v) is 3.21. The second kappa shape index (κ2) is 5.19. The Labute approximate surface area is 106 Å². The maximum Gasteiger partial charge on any atom is 0.330 e. The van der Waals surface area contributed by atoms with Crippen LogP contribution in [-0.4, -0.2) is 18.2 Å². The van der Waals surface area contributed by atoms with Crippen molar-refractivity contribution in [3.8, 4) is 0 Å². The Morgan fingerprint density at radius 3 is 2.83 bits per heavy atom. The Bertz CT molecular complexity index is 514. The summed E-state index contributed by atoms with van der Waals surface area (Å²) < 4.78 is 4.60. The van der Waals surface area contributed by atoms with Crippen LogP contribution in [0.5, 0.6) is 0 Å². The van der Waals surface area contributed by atoms with Crippen LogP contribution in [-0.2, 0) is 9.53 Å². The highest BCUT2D eigenvalue weighted by molar-refractivity contribution is 5.82. The molecule has 2 rings (SSSR count). The number of rotatable bonds is 2. The van der Waals surface area contributed by atoms with Gasteiger partial charge >= 0.3 is 5.97 Å². The maximum atomic E-state index is 11.2. The largest absolute Gasteiger partial charge is 0.466 e. The second-order valence-corrected chi connectivity index (χ2v) is 4.37. The van der Waals surface area contributed by atoms with Gasteiger partial charge in [0.1, 0.15) is 0 Å². The summed E-state index contributed by atoms with van der Waals surface area (Å²) in [6.07, 6.45) is 4.70. The van der Waals surface area contributed by atoms with Crippen molar-refractivity contribution in [2.75, 3.05) is 7.11 Å². The van der Waals surface area contributed by atoms with Gasteiger partial charge in [0.2, 0.25) is 0 Å². The van der Waals surface area contributed by atoms with Crippen LogP contribution in [0.15, 0.2) is 42.0 Å². The minimum atomic E-state index is -0.618. The molecule has 1 N–H and O–H groups in total. The number of carbonyl (C=O) groups is 1. The van der Waals surface area contributed by atoms with E-state index >= 15 is 0 Å². The Balaban J connectivity index is 2.29. The number of hydrogen-bond acceptors (Lipinski definition) is 3. The number of methoxy groups -OCH3 is 1. The molecule has 0 aromatic heterocycles. The van der Waals surface area contributed by atoms with Gasteiger partial charge in [-0.05, 0) is 18.1 Å². The molecule has 3 heteroatoms. The summed E-state index contributed by atoms with van der Waals surface area (Å²) in [6.45, 7) is 1.82. The lowest BCUT2D eigenvalue weighted by atomic mass is 9.83. The van der Waals surface area contributed by atoms with Gasteiger partial charge in [-0.3, -0.25) is 0 Å².